The summed E-state index contributed by atoms with van der Waals surface area (Å²) >= 11 is 0. The molecule has 1 aromatic carbocycles. The van der Waals surface area contributed by atoms with Crippen LogP contribution in [-0.4, -0.2) is 53.6 Å². The molecule has 25 heavy (non-hydrogen) atoms. The van der Waals surface area contributed by atoms with E-state index in [2.05, 4.69) is 37.8 Å². The van der Waals surface area contributed by atoms with Gasteiger partial charge in [-0.15, -0.1) is 0 Å². The summed E-state index contributed by atoms with van der Waals surface area (Å²) in [5.74, 6) is 0.676. The monoisotopic (exact) mass is 349 g/mol. The minimum atomic E-state index is -0.532. The summed E-state index contributed by atoms with van der Waals surface area (Å²) in [6.07, 6.45) is 3.11. The average molecular weight is 350 g/mol. The fraction of sp³-hybridized carbons (Fsp3) is 0.714. The molecule has 1 saturated carbocycles. The van der Waals surface area contributed by atoms with Crippen LogP contribution in [0.2, 0.25) is 0 Å². The molecule has 0 amide bonds. The van der Waals surface area contributed by atoms with Gasteiger partial charge in [0.15, 0.2) is 0 Å². The third kappa shape index (κ3) is 7.45. The van der Waals surface area contributed by atoms with Crippen LogP contribution in [-0.2, 0) is 11.3 Å². The highest BCUT2D eigenvalue weighted by Crippen LogP contribution is 2.39. The zero-order chi connectivity index (χ0) is 18.3. The molecule has 1 aromatic rings. The molecule has 2 rings (SSSR count). The first kappa shape index (κ1) is 20.4. The van der Waals surface area contributed by atoms with Gasteiger partial charge in [-0.05, 0) is 36.2 Å². The van der Waals surface area contributed by atoms with Crippen molar-refractivity contribution >= 4 is 0 Å². The van der Waals surface area contributed by atoms with Crippen LogP contribution in [0, 0.1) is 11.3 Å². The van der Waals surface area contributed by atoms with Gasteiger partial charge in [0.05, 0.1) is 25.4 Å². The van der Waals surface area contributed by atoms with Crippen LogP contribution in [0.4, 0.5) is 0 Å². The predicted octanol–water partition coefficient (Wildman–Crippen LogP) is 3.07. The number of rotatable bonds is 9. The van der Waals surface area contributed by atoms with E-state index >= 15 is 0 Å². The molecular weight excluding hydrogens is 314 g/mol. The van der Waals surface area contributed by atoms with Gasteiger partial charge in [-0.1, -0.05) is 51.1 Å². The molecule has 0 unspecified atom stereocenters. The van der Waals surface area contributed by atoms with E-state index in [0.717, 1.165) is 19.4 Å². The Balaban J connectivity index is 1.79. The molecule has 0 saturated heterocycles. The Labute approximate surface area is 152 Å². The quantitative estimate of drug-likeness (QED) is 0.719. The van der Waals surface area contributed by atoms with E-state index in [4.69, 9.17) is 4.74 Å². The van der Waals surface area contributed by atoms with E-state index < -0.39 is 6.10 Å². The number of hydrogen-bond acceptors (Lipinski definition) is 4. The van der Waals surface area contributed by atoms with Crippen LogP contribution < -0.4 is 0 Å². The molecule has 1 fully saturated rings. The lowest BCUT2D eigenvalue weighted by Crippen LogP contribution is -2.39. The van der Waals surface area contributed by atoms with E-state index in [0.29, 0.717) is 31.0 Å². The lowest BCUT2D eigenvalue weighted by molar-refractivity contribution is -0.0623. The molecule has 0 aromatic heterocycles. The fourth-order valence-corrected chi connectivity index (χ4v) is 4.20. The first-order valence-corrected chi connectivity index (χ1v) is 9.55. The van der Waals surface area contributed by atoms with Crippen molar-refractivity contribution in [3.63, 3.8) is 0 Å². The lowest BCUT2D eigenvalue weighted by Gasteiger charge is -2.39. The van der Waals surface area contributed by atoms with E-state index in [9.17, 15) is 10.2 Å². The van der Waals surface area contributed by atoms with Crippen LogP contribution in [0.5, 0.6) is 0 Å². The standard InChI is InChI=1S/C21H35NO3/c1-17-11-20(13-21(2,3)12-17)25-16-19(24)15-22(9-10-23)14-18-7-5-4-6-8-18/h4-8,17,19-20,23-24H,9-16H2,1-3H3/t17-,19+,20-/m1/s1. The van der Waals surface area contributed by atoms with Gasteiger partial charge < -0.3 is 14.9 Å². The molecule has 0 radical (unpaired) electrons. The zero-order valence-corrected chi connectivity index (χ0v) is 16.0. The average Bonchev–Trinajstić information content (AvgIpc) is 2.52. The van der Waals surface area contributed by atoms with Crippen molar-refractivity contribution in [2.45, 2.75) is 58.8 Å². The number of aliphatic hydroxyl groups excluding tert-OH is 2. The first-order valence-electron chi connectivity index (χ1n) is 9.55. The van der Waals surface area contributed by atoms with Crippen molar-refractivity contribution in [2.75, 3.05) is 26.3 Å². The maximum atomic E-state index is 10.4. The Morgan fingerprint density at radius 1 is 1.24 bits per heavy atom. The van der Waals surface area contributed by atoms with Crippen molar-refractivity contribution in [2.24, 2.45) is 11.3 Å². The SMILES string of the molecule is C[C@@H]1C[C@@H](OC[C@@H](O)CN(CCO)Cc2ccccc2)CC(C)(C)C1. The smallest absolute Gasteiger partial charge is 0.0900 e. The van der Waals surface area contributed by atoms with Gasteiger partial charge >= 0.3 is 0 Å². The summed E-state index contributed by atoms with van der Waals surface area (Å²) < 4.78 is 6.04. The molecular formula is C21H35NO3. The highest BCUT2D eigenvalue weighted by molar-refractivity contribution is 5.14. The summed E-state index contributed by atoms with van der Waals surface area (Å²) in [6.45, 7) is 9.15. The van der Waals surface area contributed by atoms with Crippen LogP contribution in [0.25, 0.3) is 0 Å². The summed E-state index contributed by atoms with van der Waals surface area (Å²) in [5, 5.41) is 19.7. The van der Waals surface area contributed by atoms with Gasteiger partial charge in [0, 0.05) is 19.6 Å². The molecule has 4 heteroatoms. The van der Waals surface area contributed by atoms with E-state index in [-0.39, 0.29) is 12.7 Å². The number of ether oxygens (including phenoxy) is 1. The highest BCUT2D eigenvalue weighted by Gasteiger charge is 2.32. The number of nitrogens with zero attached hydrogens (tertiary/aromatic N) is 1. The van der Waals surface area contributed by atoms with Gasteiger partial charge in [0.2, 0.25) is 0 Å². The summed E-state index contributed by atoms with van der Waals surface area (Å²) in [7, 11) is 0. The number of aliphatic hydroxyl groups is 2. The van der Waals surface area contributed by atoms with Gasteiger partial charge in [0.25, 0.3) is 0 Å². The molecule has 0 heterocycles. The lowest BCUT2D eigenvalue weighted by atomic mass is 9.71. The van der Waals surface area contributed by atoms with Gasteiger partial charge in [-0.2, -0.15) is 0 Å². The molecule has 1 aliphatic carbocycles. The Morgan fingerprint density at radius 2 is 1.96 bits per heavy atom. The third-order valence-electron chi connectivity index (χ3n) is 5.01. The number of hydrogen-bond donors (Lipinski definition) is 2. The van der Waals surface area contributed by atoms with Crippen LogP contribution in [0.3, 0.4) is 0 Å². The Kier molecular flexibility index (Phi) is 7.88. The number of benzene rings is 1. The Bertz CT molecular complexity index is 491. The second-order valence-corrected chi connectivity index (χ2v) is 8.47. The highest BCUT2D eigenvalue weighted by atomic mass is 16.5. The Hall–Kier alpha value is -0.940. The Morgan fingerprint density at radius 3 is 2.60 bits per heavy atom. The molecule has 1 aliphatic rings. The van der Waals surface area contributed by atoms with Crippen LogP contribution in [0.1, 0.15) is 45.6 Å². The first-order chi connectivity index (χ1) is 11.9. The van der Waals surface area contributed by atoms with Crippen molar-refractivity contribution in [3.05, 3.63) is 35.9 Å². The summed E-state index contributed by atoms with van der Waals surface area (Å²) in [6, 6.07) is 10.2. The van der Waals surface area contributed by atoms with E-state index in [1.54, 1.807) is 0 Å². The maximum absolute atomic E-state index is 10.4. The zero-order valence-electron chi connectivity index (χ0n) is 16.0. The summed E-state index contributed by atoms with van der Waals surface area (Å²) in [4.78, 5) is 2.08. The minimum Gasteiger partial charge on any atom is -0.395 e. The normalized spacial score (nSPS) is 24.4. The van der Waals surface area contributed by atoms with E-state index in [1.165, 1.54) is 12.0 Å². The van der Waals surface area contributed by atoms with Crippen LogP contribution in [0.15, 0.2) is 30.3 Å². The van der Waals surface area contributed by atoms with Gasteiger partial charge in [-0.25, -0.2) is 0 Å². The van der Waals surface area contributed by atoms with Crippen molar-refractivity contribution in [1.29, 1.82) is 0 Å². The summed E-state index contributed by atoms with van der Waals surface area (Å²) in [5.41, 5.74) is 1.51. The second-order valence-electron chi connectivity index (χ2n) is 8.47. The van der Waals surface area contributed by atoms with E-state index in [1.807, 2.05) is 18.2 Å². The molecule has 0 spiro atoms. The van der Waals surface area contributed by atoms with Crippen molar-refractivity contribution in [3.8, 4) is 0 Å². The van der Waals surface area contributed by atoms with Crippen LogP contribution >= 0.6 is 0 Å². The molecule has 2 N–H and O–H groups in total. The van der Waals surface area contributed by atoms with Crippen molar-refractivity contribution < 1.29 is 14.9 Å². The van der Waals surface area contributed by atoms with Gasteiger partial charge in [0.1, 0.15) is 0 Å². The largest absolute Gasteiger partial charge is 0.395 e. The molecule has 142 valence electrons. The fourth-order valence-electron chi connectivity index (χ4n) is 4.20. The third-order valence-corrected chi connectivity index (χ3v) is 5.01. The molecule has 4 nitrogen and oxygen atoms in total. The maximum Gasteiger partial charge on any atom is 0.0900 e. The van der Waals surface area contributed by atoms with Crippen molar-refractivity contribution in [1.82, 2.24) is 4.90 Å². The second kappa shape index (κ2) is 9.67. The minimum absolute atomic E-state index is 0.0920. The van der Waals surface area contributed by atoms with Gasteiger partial charge in [-0.3, -0.25) is 4.90 Å². The topological polar surface area (TPSA) is 52.9 Å². The predicted molar refractivity (Wildman–Crippen MR) is 101 cm³/mol. The molecule has 0 bridgehead atoms. The molecule has 0 aliphatic heterocycles. The molecule has 3 atom stereocenters.